The Morgan fingerprint density at radius 3 is 3.00 bits per heavy atom. The standard InChI is InChI=1S/C16H21NO3/c1-2-11-4-3-5-12-6-15(20-16(11)12)9-17-8-14(19)7-13(17)10-18/h3-6,13-14,18-19H,2,7-10H2,1H3/t13-,14-/m0/s1. The molecule has 0 bridgehead atoms. The van der Waals surface area contributed by atoms with Gasteiger partial charge in [-0.25, -0.2) is 0 Å². The maximum atomic E-state index is 9.72. The molecule has 4 heteroatoms. The van der Waals surface area contributed by atoms with E-state index in [0.717, 1.165) is 23.2 Å². The van der Waals surface area contributed by atoms with Crippen LogP contribution in [0.15, 0.2) is 28.7 Å². The van der Waals surface area contributed by atoms with Crippen LogP contribution >= 0.6 is 0 Å². The Labute approximate surface area is 118 Å². The van der Waals surface area contributed by atoms with Gasteiger partial charge in [0.05, 0.1) is 19.3 Å². The fourth-order valence-electron chi connectivity index (χ4n) is 3.07. The van der Waals surface area contributed by atoms with E-state index >= 15 is 0 Å². The lowest BCUT2D eigenvalue weighted by atomic mass is 10.1. The first-order valence-electron chi connectivity index (χ1n) is 7.24. The minimum Gasteiger partial charge on any atom is -0.459 e. The molecular formula is C16H21NO3. The zero-order valence-electron chi connectivity index (χ0n) is 11.7. The largest absolute Gasteiger partial charge is 0.459 e. The highest BCUT2D eigenvalue weighted by atomic mass is 16.3. The molecule has 2 aromatic rings. The average molecular weight is 275 g/mol. The summed E-state index contributed by atoms with van der Waals surface area (Å²) in [5.41, 5.74) is 2.18. The van der Waals surface area contributed by atoms with Crippen molar-refractivity contribution in [1.82, 2.24) is 4.90 Å². The number of aryl methyl sites for hydroxylation is 1. The van der Waals surface area contributed by atoms with Crippen LogP contribution in [0.1, 0.15) is 24.7 Å². The number of likely N-dealkylation sites (tertiary alicyclic amines) is 1. The van der Waals surface area contributed by atoms with E-state index in [2.05, 4.69) is 36.1 Å². The number of hydrogen-bond donors (Lipinski definition) is 2. The van der Waals surface area contributed by atoms with E-state index in [9.17, 15) is 10.2 Å². The number of β-amino-alcohol motifs (C(OH)–C–C–N with tert-alkyl or cyclic N) is 1. The number of hydrogen-bond acceptors (Lipinski definition) is 4. The molecule has 3 rings (SSSR count). The summed E-state index contributed by atoms with van der Waals surface area (Å²) in [6.45, 7) is 3.44. The molecule has 1 aliphatic rings. The molecule has 1 aromatic carbocycles. The summed E-state index contributed by atoms with van der Waals surface area (Å²) < 4.78 is 5.98. The van der Waals surface area contributed by atoms with Crippen LogP contribution < -0.4 is 0 Å². The van der Waals surface area contributed by atoms with Crippen LogP contribution in [0.3, 0.4) is 0 Å². The lowest BCUT2D eigenvalue weighted by Gasteiger charge is -2.20. The van der Waals surface area contributed by atoms with Crippen molar-refractivity contribution in [1.29, 1.82) is 0 Å². The zero-order chi connectivity index (χ0) is 14.1. The highest BCUT2D eigenvalue weighted by Crippen LogP contribution is 2.26. The molecule has 20 heavy (non-hydrogen) atoms. The number of aliphatic hydroxyl groups excluding tert-OH is 2. The third kappa shape index (κ3) is 2.46. The van der Waals surface area contributed by atoms with Gasteiger partial charge >= 0.3 is 0 Å². The second-order valence-electron chi connectivity index (χ2n) is 5.56. The molecule has 0 aliphatic carbocycles. The van der Waals surface area contributed by atoms with E-state index in [1.807, 2.05) is 0 Å². The van der Waals surface area contributed by atoms with E-state index in [1.165, 1.54) is 5.56 Å². The smallest absolute Gasteiger partial charge is 0.137 e. The summed E-state index contributed by atoms with van der Waals surface area (Å²) in [5, 5.41) is 20.2. The maximum absolute atomic E-state index is 9.72. The van der Waals surface area contributed by atoms with E-state index in [1.54, 1.807) is 0 Å². The van der Waals surface area contributed by atoms with Crippen molar-refractivity contribution in [2.45, 2.75) is 38.5 Å². The Hall–Kier alpha value is -1.36. The number of nitrogens with zero attached hydrogens (tertiary/aromatic N) is 1. The molecule has 0 unspecified atom stereocenters. The van der Waals surface area contributed by atoms with Crippen molar-refractivity contribution in [3.05, 3.63) is 35.6 Å². The van der Waals surface area contributed by atoms with Crippen LogP contribution in [0, 0.1) is 0 Å². The van der Waals surface area contributed by atoms with Crippen LogP contribution in [-0.4, -0.2) is 40.4 Å². The molecule has 0 spiro atoms. The van der Waals surface area contributed by atoms with Crippen molar-refractivity contribution >= 4 is 11.0 Å². The summed E-state index contributed by atoms with van der Waals surface area (Å²) >= 11 is 0. The highest BCUT2D eigenvalue weighted by molar-refractivity contribution is 5.81. The van der Waals surface area contributed by atoms with Crippen molar-refractivity contribution in [3.63, 3.8) is 0 Å². The number of benzene rings is 1. The van der Waals surface area contributed by atoms with Crippen molar-refractivity contribution in [2.75, 3.05) is 13.2 Å². The number of aliphatic hydroxyl groups is 2. The second-order valence-corrected chi connectivity index (χ2v) is 5.56. The first kappa shape index (κ1) is 13.6. The zero-order valence-corrected chi connectivity index (χ0v) is 11.7. The lowest BCUT2D eigenvalue weighted by molar-refractivity contribution is 0.143. The Morgan fingerprint density at radius 1 is 1.40 bits per heavy atom. The van der Waals surface area contributed by atoms with Gasteiger partial charge in [0, 0.05) is 18.0 Å². The van der Waals surface area contributed by atoms with E-state index < -0.39 is 0 Å². The van der Waals surface area contributed by atoms with Crippen molar-refractivity contribution < 1.29 is 14.6 Å². The molecule has 0 amide bonds. The minimum atomic E-state index is -0.345. The molecule has 1 aliphatic heterocycles. The SMILES string of the molecule is CCc1cccc2cc(CN3C[C@@H](O)C[C@H]3CO)oc12. The monoisotopic (exact) mass is 275 g/mol. The topological polar surface area (TPSA) is 56.8 Å². The van der Waals surface area contributed by atoms with Crippen LogP contribution in [-0.2, 0) is 13.0 Å². The van der Waals surface area contributed by atoms with Crippen LogP contribution in [0.4, 0.5) is 0 Å². The van der Waals surface area contributed by atoms with E-state index in [-0.39, 0.29) is 18.8 Å². The average Bonchev–Trinajstić information content (AvgIpc) is 3.01. The summed E-state index contributed by atoms with van der Waals surface area (Å²) in [7, 11) is 0. The lowest BCUT2D eigenvalue weighted by Crippen LogP contribution is -2.31. The van der Waals surface area contributed by atoms with Gasteiger partial charge in [0.1, 0.15) is 11.3 Å². The molecule has 0 saturated carbocycles. The fraction of sp³-hybridized carbons (Fsp3) is 0.500. The maximum Gasteiger partial charge on any atom is 0.137 e. The quantitative estimate of drug-likeness (QED) is 0.895. The molecular weight excluding hydrogens is 254 g/mol. The number of para-hydroxylation sites is 1. The Morgan fingerprint density at radius 2 is 2.25 bits per heavy atom. The molecule has 1 fully saturated rings. The number of fused-ring (bicyclic) bond motifs is 1. The van der Waals surface area contributed by atoms with Gasteiger partial charge in [-0.15, -0.1) is 0 Å². The summed E-state index contributed by atoms with van der Waals surface area (Å²) in [5.74, 6) is 0.897. The number of furan rings is 1. The van der Waals surface area contributed by atoms with Gasteiger partial charge in [-0.3, -0.25) is 4.90 Å². The van der Waals surface area contributed by atoms with Gasteiger partial charge in [-0.05, 0) is 24.5 Å². The molecule has 108 valence electrons. The van der Waals surface area contributed by atoms with Gasteiger partial charge in [0.2, 0.25) is 0 Å². The van der Waals surface area contributed by atoms with Crippen LogP contribution in [0.25, 0.3) is 11.0 Å². The third-order valence-electron chi connectivity index (χ3n) is 4.13. The summed E-state index contributed by atoms with van der Waals surface area (Å²) in [6.07, 6.45) is 1.24. The minimum absolute atomic E-state index is 0.0313. The normalized spacial score (nSPS) is 23.8. The Bertz CT molecular complexity index is 592. The molecule has 1 aromatic heterocycles. The summed E-state index contributed by atoms with van der Waals surface area (Å²) in [4.78, 5) is 2.09. The molecule has 2 atom stereocenters. The molecule has 2 heterocycles. The first-order valence-corrected chi connectivity index (χ1v) is 7.24. The highest BCUT2D eigenvalue weighted by Gasteiger charge is 2.30. The van der Waals surface area contributed by atoms with Gasteiger partial charge < -0.3 is 14.6 Å². The van der Waals surface area contributed by atoms with Crippen molar-refractivity contribution in [2.24, 2.45) is 0 Å². The first-order chi connectivity index (χ1) is 9.71. The van der Waals surface area contributed by atoms with Gasteiger partial charge in [-0.1, -0.05) is 25.1 Å². The van der Waals surface area contributed by atoms with Gasteiger partial charge in [0.15, 0.2) is 0 Å². The Kier molecular flexibility index (Phi) is 3.78. The third-order valence-corrected chi connectivity index (χ3v) is 4.13. The van der Waals surface area contributed by atoms with Crippen LogP contribution in [0.5, 0.6) is 0 Å². The summed E-state index contributed by atoms with van der Waals surface area (Å²) in [6, 6.07) is 8.30. The molecule has 0 radical (unpaired) electrons. The number of rotatable bonds is 4. The predicted octanol–water partition coefficient (Wildman–Crippen LogP) is 1.92. The van der Waals surface area contributed by atoms with E-state index in [0.29, 0.717) is 19.5 Å². The molecule has 4 nitrogen and oxygen atoms in total. The molecule has 2 N–H and O–H groups in total. The van der Waals surface area contributed by atoms with Crippen LogP contribution in [0.2, 0.25) is 0 Å². The predicted molar refractivity (Wildman–Crippen MR) is 77.5 cm³/mol. The van der Waals surface area contributed by atoms with E-state index in [4.69, 9.17) is 4.42 Å². The molecule has 1 saturated heterocycles. The van der Waals surface area contributed by atoms with Crippen molar-refractivity contribution in [3.8, 4) is 0 Å². The Balaban J connectivity index is 1.84. The van der Waals surface area contributed by atoms with Gasteiger partial charge in [-0.2, -0.15) is 0 Å². The van der Waals surface area contributed by atoms with Gasteiger partial charge in [0.25, 0.3) is 0 Å². The fourth-order valence-corrected chi connectivity index (χ4v) is 3.07. The second kappa shape index (κ2) is 5.56.